The molecule has 1 aromatic carbocycles. The standard InChI is InChI=1S/C18H20N4O3S/c1-11-20-14-4-2-3-13(17(14)21-11)18(23)22-15-8-24-6-5-16(15)25-7-12-9-26-10-19-12/h2-4,9-10,15-16H,5-8H2,1H3,(H,20,21)(H,22,23)/t15-,16+/m1/s1. The first-order chi connectivity index (χ1) is 12.7. The molecule has 0 bridgehead atoms. The number of aromatic amines is 1. The smallest absolute Gasteiger partial charge is 0.253 e. The van der Waals surface area contributed by atoms with Crippen LogP contribution in [0.5, 0.6) is 0 Å². The molecule has 1 amide bonds. The van der Waals surface area contributed by atoms with Crippen LogP contribution in [0, 0.1) is 6.92 Å². The molecule has 0 unspecified atom stereocenters. The molecule has 1 aliphatic rings. The Hall–Kier alpha value is -2.29. The lowest BCUT2D eigenvalue weighted by Crippen LogP contribution is -2.50. The predicted molar refractivity (Wildman–Crippen MR) is 98.2 cm³/mol. The molecule has 7 nitrogen and oxygen atoms in total. The van der Waals surface area contributed by atoms with Gasteiger partial charge in [-0.05, 0) is 25.5 Å². The Kier molecular flexibility index (Phi) is 4.96. The lowest BCUT2D eigenvalue weighted by atomic mass is 10.1. The van der Waals surface area contributed by atoms with Gasteiger partial charge in [-0.25, -0.2) is 9.97 Å². The van der Waals surface area contributed by atoms with Crippen LogP contribution in [0.15, 0.2) is 29.1 Å². The first-order valence-corrected chi connectivity index (χ1v) is 9.47. The first-order valence-electron chi connectivity index (χ1n) is 8.53. The van der Waals surface area contributed by atoms with Crippen molar-refractivity contribution in [3.63, 3.8) is 0 Å². The number of fused-ring (bicyclic) bond motifs is 1. The number of aromatic nitrogens is 3. The van der Waals surface area contributed by atoms with E-state index in [9.17, 15) is 4.79 Å². The molecule has 0 saturated carbocycles. The number of nitrogens with one attached hydrogen (secondary N) is 2. The third kappa shape index (κ3) is 3.62. The number of amides is 1. The van der Waals surface area contributed by atoms with Crippen LogP contribution in [0.2, 0.25) is 0 Å². The fraction of sp³-hybridized carbons (Fsp3) is 0.389. The number of carbonyl (C=O) groups is 1. The molecule has 8 heteroatoms. The van der Waals surface area contributed by atoms with Crippen LogP contribution >= 0.6 is 11.3 Å². The number of aryl methyl sites for hydroxylation is 1. The normalized spacial score (nSPS) is 20.3. The summed E-state index contributed by atoms with van der Waals surface area (Å²) in [4.78, 5) is 24.6. The van der Waals surface area contributed by atoms with Crippen LogP contribution < -0.4 is 5.32 Å². The van der Waals surface area contributed by atoms with Gasteiger partial charge in [-0.15, -0.1) is 11.3 Å². The Morgan fingerprint density at radius 2 is 2.42 bits per heavy atom. The highest BCUT2D eigenvalue weighted by molar-refractivity contribution is 7.07. The molecular weight excluding hydrogens is 352 g/mol. The van der Waals surface area contributed by atoms with E-state index in [1.54, 1.807) is 22.9 Å². The minimum Gasteiger partial charge on any atom is -0.379 e. The average molecular weight is 372 g/mol. The zero-order valence-electron chi connectivity index (χ0n) is 14.4. The van der Waals surface area contributed by atoms with E-state index >= 15 is 0 Å². The zero-order chi connectivity index (χ0) is 17.9. The monoisotopic (exact) mass is 372 g/mol. The third-order valence-corrected chi connectivity index (χ3v) is 5.05. The lowest BCUT2D eigenvalue weighted by molar-refractivity contribution is -0.0611. The Labute approximate surface area is 154 Å². The number of carbonyl (C=O) groups excluding carboxylic acids is 1. The van der Waals surface area contributed by atoms with Gasteiger partial charge in [0.15, 0.2) is 0 Å². The van der Waals surface area contributed by atoms with E-state index < -0.39 is 0 Å². The van der Waals surface area contributed by atoms with Crippen LogP contribution in [0.25, 0.3) is 11.0 Å². The molecule has 1 fully saturated rings. The minimum atomic E-state index is -0.204. The molecule has 3 heterocycles. The summed E-state index contributed by atoms with van der Waals surface area (Å²) in [6, 6.07) is 5.34. The summed E-state index contributed by atoms with van der Waals surface area (Å²) < 4.78 is 11.5. The Morgan fingerprint density at radius 1 is 1.50 bits per heavy atom. The highest BCUT2D eigenvalue weighted by Crippen LogP contribution is 2.19. The molecule has 0 spiro atoms. The molecule has 136 valence electrons. The number of thiazole rings is 1. The summed E-state index contributed by atoms with van der Waals surface area (Å²) >= 11 is 1.54. The van der Waals surface area contributed by atoms with Gasteiger partial charge in [-0.3, -0.25) is 4.79 Å². The van der Waals surface area contributed by atoms with Gasteiger partial charge in [0.1, 0.15) is 11.3 Å². The second-order valence-corrected chi connectivity index (χ2v) is 7.02. The minimum absolute atomic E-state index is 0.102. The Morgan fingerprint density at radius 3 is 3.27 bits per heavy atom. The largest absolute Gasteiger partial charge is 0.379 e. The van der Waals surface area contributed by atoms with Crippen LogP contribution in [0.4, 0.5) is 0 Å². The number of imidazole rings is 1. The molecule has 3 aromatic rings. The highest BCUT2D eigenvalue weighted by Gasteiger charge is 2.29. The van der Waals surface area contributed by atoms with Crippen LogP contribution in [0.3, 0.4) is 0 Å². The molecule has 2 N–H and O–H groups in total. The van der Waals surface area contributed by atoms with Crippen molar-refractivity contribution in [2.75, 3.05) is 13.2 Å². The second kappa shape index (κ2) is 7.53. The third-order valence-electron chi connectivity index (χ3n) is 4.41. The summed E-state index contributed by atoms with van der Waals surface area (Å²) in [6.45, 7) is 3.37. The van der Waals surface area contributed by atoms with Crippen LogP contribution in [-0.4, -0.2) is 46.2 Å². The number of rotatable bonds is 5. The van der Waals surface area contributed by atoms with Crippen molar-refractivity contribution < 1.29 is 14.3 Å². The molecule has 1 saturated heterocycles. The number of ether oxygens (including phenoxy) is 2. The molecular formula is C18H20N4O3S. The average Bonchev–Trinajstić information content (AvgIpc) is 3.28. The Bertz CT molecular complexity index is 893. The SMILES string of the molecule is Cc1nc2c(C(=O)N[C@@H]3COCC[C@@H]3OCc3cscn3)cccc2[nH]1. The van der Waals surface area contributed by atoms with Crippen molar-refractivity contribution in [3.8, 4) is 0 Å². The predicted octanol–water partition coefficient (Wildman–Crippen LogP) is 2.43. The summed E-state index contributed by atoms with van der Waals surface area (Å²) in [6.07, 6.45) is 0.635. The van der Waals surface area contributed by atoms with E-state index in [2.05, 4.69) is 20.3 Å². The Balaban J connectivity index is 1.47. The zero-order valence-corrected chi connectivity index (χ0v) is 15.2. The van der Waals surface area contributed by atoms with E-state index in [0.717, 1.165) is 23.5 Å². The summed E-state index contributed by atoms with van der Waals surface area (Å²) in [5, 5.41) is 5.02. The van der Waals surface area contributed by atoms with E-state index in [1.165, 1.54) is 0 Å². The van der Waals surface area contributed by atoms with Crippen LogP contribution in [-0.2, 0) is 16.1 Å². The fourth-order valence-electron chi connectivity index (χ4n) is 3.14. The summed E-state index contributed by atoms with van der Waals surface area (Å²) in [5.41, 5.74) is 4.78. The van der Waals surface area contributed by atoms with E-state index in [1.807, 2.05) is 24.4 Å². The maximum atomic E-state index is 12.8. The van der Waals surface area contributed by atoms with Gasteiger partial charge in [0.2, 0.25) is 0 Å². The molecule has 2 aromatic heterocycles. The van der Waals surface area contributed by atoms with Gasteiger partial charge in [0.05, 0.1) is 47.6 Å². The van der Waals surface area contributed by atoms with E-state index in [-0.39, 0.29) is 18.1 Å². The maximum Gasteiger partial charge on any atom is 0.253 e. The fourth-order valence-corrected chi connectivity index (χ4v) is 3.68. The number of hydrogen-bond acceptors (Lipinski definition) is 6. The van der Waals surface area contributed by atoms with Gasteiger partial charge in [0.25, 0.3) is 5.91 Å². The van der Waals surface area contributed by atoms with Crippen molar-refractivity contribution >= 4 is 28.3 Å². The number of para-hydroxylation sites is 1. The van der Waals surface area contributed by atoms with E-state index in [4.69, 9.17) is 9.47 Å². The van der Waals surface area contributed by atoms with Crippen molar-refractivity contribution in [2.24, 2.45) is 0 Å². The molecule has 1 aliphatic heterocycles. The number of benzene rings is 1. The molecule has 26 heavy (non-hydrogen) atoms. The quantitative estimate of drug-likeness (QED) is 0.718. The van der Waals surface area contributed by atoms with Gasteiger partial charge in [0, 0.05) is 12.0 Å². The maximum absolute atomic E-state index is 12.8. The van der Waals surface area contributed by atoms with Crippen molar-refractivity contribution in [2.45, 2.75) is 32.1 Å². The van der Waals surface area contributed by atoms with Crippen LogP contribution in [0.1, 0.15) is 28.3 Å². The molecule has 0 aliphatic carbocycles. The van der Waals surface area contributed by atoms with Gasteiger partial charge in [-0.2, -0.15) is 0 Å². The summed E-state index contributed by atoms with van der Waals surface area (Å²) in [7, 11) is 0. The van der Waals surface area contributed by atoms with Crippen molar-refractivity contribution in [1.29, 1.82) is 0 Å². The molecule has 0 radical (unpaired) electrons. The van der Waals surface area contributed by atoms with Crippen molar-refractivity contribution in [3.05, 3.63) is 46.2 Å². The molecule has 4 rings (SSSR count). The van der Waals surface area contributed by atoms with E-state index in [0.29, 0.717) is 30.9 Å². The van der Waals surface area contributed by atoms with Gasteiger partial charge >= 0.3 is 0 Å². The number of hydrogen-bond donors (Lipinski definition) is 2. The number of nitrogens with zero attached hydrogens (tertiary/aromatic N) is 2. The summed E-state index contributed by atoms with van der Waals surface area (Å²) in [5.74, 6) is 0.616. The number of H-pyrrole nitrogens is 1. The highest BCUT2D eigenvalue weighted by atomic mass is 32.1. The first kappa shape index (κ1) is 17.1. The topological polar surface area (TPSA) is 89.1 Å². The lowest BCUT2D eigenvalue weighted by Gasteiger charge is -2.32. The van der Waals surface area contributed by atoms with Gasteiger partial charge < -0.3 is 19.8 Å². The van der Waals surface area contributed by atoms with Gasteiger partial charge in [-0.1, -0.05) is 6.07 Å². The second-order valence-electron chi connectivity index (χ2n) is 6.30. The molecule has 2 atom stereocenters. The van der Waals surface area contributed by atoms with Crippen molar-refractivity contribution in [1.82, 2.24) is 20.3 Å².